The molecule has 0 bridgehead atoms. The molecule has 1 aliphatic rings. The van der Waals surface area contributed by atoms with Crippen LogP contribution in [0.25, 0.3) is 6.08 Å². The van der Waals surface area contributed by atoms with Gasteiger partial charge in [-0.15, -0.1) is 0 Å². The summed E-state index contributed by atoms with van der Waals surface area (Å²) in [7, 11) is 0. The molecule has 3 aromatic rings. The van der Waals surface area contributed by atoms with Crippen molar-refractivity contribution >= 4 is 29.5 Å². The van der Waals surface area contributed by atoms with Gasteiger partial charge in [-0.25, -0.2) is 9.79 Å². The number of carbonyl (C=O) groups excluding carboxylic acids is 1. The van der Waals surface area contributed by atoms with E-state index in [1.54, 1.807) is 6.08 Å². The van der Waals surface area contributed by atoms with Gasteiger partial charge in [0.25, 0.3) is 0 Å². The molecule has 0 aromatic heterocycles. The van der Waals surface area contributed by atoms with Crippen molar-refractivity contribution in [2.45, 2.75) is 13.5 Å². The van der Waals surface area contributed by atoms with Crippen LogP contribution in [0.1, 0.15) is 23.6 Å². The van der Waals surface area contributed by atoms with Crippen molar-refractivity contribution in [3.63, 3.8) is 0 Å². The second kappa shape index (κ2) is 9.49. The fraction of sp³-hybridized carbons (Fsp3) is 0.120. The molecule has 0 atom stereocenters. The molecule has 0 N–H and O–H groups in total. The Labute approximate surface area is 185 Å². The molecular formula is C25H20ClNO4. The fourth-order valence-corrected chi connectivity index (χ4v) is 3.08. The molecule has 5 nitrogen and oxygen atoms in total. The first-order valence-electron chi connectivity index (χ1n) is 9.84. The first-order valence-corrected chi connectivity index (χ1v) is 10.2. The number of cyclic esters (lactones) is 1. The summed E-state index contributed by atoms with van der Waals surface area (Å²) in [5.74, 6) is 1.28. The lowest BCUT2D eigenvalue weighted by Crippen LogP contribution is -2.05. The van der Waals surface area contributed by atoms with Crippen LogP contribution >= 0.6 is 11.6 Å². The maximum atomic E-state index is 12.2. The number of hydrogen-bond acceptors (Lipinski definition) is 5. The Morgan fingerprint density at radius 1 is 0.903 bits per heavy atom. The van der Waals surface area contributed by atoms with E-state index >= 15 is 0 Å². The van der Waals surface area contributed by atoms with Crippen LogP contribution in [0.5, 0.6) is 11.5 Å². The van der Waals surface area contributed by atoms with E-state index in [0.717, 1.165) is 22.6 Å². The normalized spacial score (nSPS) is 14.3. The van der Waals surface area contributed by atoms with E-state index in [1.807, 2.05) is 79.7 Å². The molecule has 0 saturated carbocycles. The maximum absolute atomic E-state index is 12.2. The third kappa shape index (κ3) is 5.32. The number of ether oxygens (including phenoxy) is 3. The van der Waals surface area contributed by atoms with Gasteiger partial charge in [0.1, 0.15) is 18.1 Å². The number of hydrogen-bond donors (Lipinski definition) is 0. The Hall–Kier alpha value is -3.57. The van der Waals surface area contributed by atoms with Crippen LogP contribution in [0.15, 0.2) is 83.5 Å². The van der Waals surface area contributed by atoms with Crippen LogP contribution in [-0.2, 0) is 16.1 Å². The molecule has 0 radical (unpaired) electrons. The van der Waals surface area contributed by atoms with Crippen molar-refractivity contribution in [2.24, 2.45) is 4.99 Å². The molecule has 0 aliphatic carbocycles. The molecule has 156 valence electrons. The number of carbonyl (C=O) groups is 1. The molecule has 0 fully saturated rings. The standard InChI is InChI=1S/C25H20ClNO4/c1-2-29-21-13-7-19(8-14-21)24-27-23(25(28)31-24)15-17-5-11-22(12-6-17)30-16-18-3-9-20(26)10-4-18/h3-15H,2,16H2,1H3/b23-15-. The summed E-state index contributed by atoms with van der Waals surface area (Å²) in [6, 6.07) is 22.2. The number of aliphatic imine (C=N–C) groups is 1. The number of rotatable bonds is 7. The highest BCUT2D eigenvalue weighted by molar-refractivity contribution is 6.30. The van der Waals surface area contributed by atoms with Gasteiger partial charge >= 0.3 is 5.97 Å². The lowest BCUT2D eigenvalue weighted by atomic mass is 10.2. The molecular weight excluding hydrogens is 414 g/mol. The van der Waals surface area contributed by atoms with Gasteiger partial charge in [-0.3, -0.25) is 0 Å². The smallest absolute Gasteiger partial charge is 0.363 e. The van der Waals surface area contributed by atoms with Gasteiger partial charge in [-0.1, -0.05) is 35.9 Å². The average Bonchev–Trinajstić information content (AvgIpc) is 3.15. The SMILES string of the molecule is CCOc1ccc(C2=N/C(=C\c3ccc(OCc4ccc(Cl)cc4)cc3)C(=O)O2)cc1. The van der Waals surface area contributed by atoms with E-state index in [4.69, 9.17) is 25.8 Å². The topological polar surface area (TPSA) is 57.1 Å². The fourth-order valence-electron chi connectivity index (χ4n) is 2.96. The Kier molecular flexibility index (Phi) is 6.34. The maximum Gasteiger partial charge on any atom is 0.363 e. The lowest BCUT2D eigenvalue weighted by Gasteiger charge is -2.06. The molecule has 0 unspecified atom stereocenters. The molecule has 6 heteroatoms. The van der Waals surface area contributed by atoms with E-state index in [2.05, 4.69) is 4.99 Å². The second-order valence-electron chi connectivity index (χ2n) is 6.78. The van der Waals surface area contributed by atoms with Gasteiger partial charge in [0.05, 0.1) is 6.61 Å². The van der Waals surface area contributed by atoms with Crippen molar-refractivity contribution < 1.29 is 19.0 Å². The molecule has 0 saturated heterocycles. The summed E-state index contributed by atoms with van der Waals surface area (Å²) in [5, 5.41) is 0.694. The van der Waals surface area contributed by atoms with Crippen LogP contribution in [0.2, 0.25) is 5.02 Å². The Balaban J connectivity index is 1.42. The minimum Gasteiger partial charge on any atom is -0.494 e. The molecule has 1 aliphatic heterocycles. The zero-order valence-corrected chi connectivity index (χ0v) is 17.6. The Morgan fingerprint density at radius 3 is 2.23 bits per heavy atom. The molecule has 0 spiro atoms. The molecule has 1 heterocycles. The van der Waals surface area contributed by atoms with Crippen molar-refractivity contribution in [2.75, 3.05) is 6.61 Å². The van der Waals surface area contributed by atoms with Crippen molar-refractivity contribution in [3.8, 4) is 11.5 Å². The number of nitrogens with zero attached hydrogens (tertiary/aromatic N) is 1. The van der Waals surface area contributed by atoms with Crippen LogP contribution in [0.3, 0.4) is 0 Å². The highest BCUT2D eigenvalue weighted by atomic mass is 35.5. The minimum atomic E-state index is -0.480. The van der Waals surface area contributed by atoms with Crippen LogP contribution in [0, 0.1) is 0 Å². The van der Waals surface area contributed by atoms with Crippen LogP contribution in [-0.4, -0.2) is 18.5 Å². The number of esters is 1. The summed E-state index contributed by atoms with van der Waals surface area (Å²) in [6.07, 6.45) is 1.69. The predicted molar refractivity (Wildman–Crippen MR) is 120 cm³/mol. The monoisotopic (exact) mass is 433 g/mol. The second-order valence-corrected chi connectivity index (χ2v) is 7.21. The summed E-state index contributed by atoms with van der Waals surface area (Å²) in [6.45, 7) is 2.96. The van der Waals surface area contributed by atoms with Crippen molar-refractivity contribution in [1.82, 2.24) is 0 Å². The van der Waals surface area contributed by atoms with Gasteiger partial charge in [-0.05, 0) is 72.7 Å². The highest BCUT2D eigenvalue weighted by Gasteiger charge is 2.24. The minimum absolute atomic E-state index is 0.249. The summed E-state index contributed by atoms with van der Waals surface area (Å²) in [5.41, 5.74) is 2.81. The predicted octanol–water partition coefficient (Wildman–Crippen LogP) is 5.66. The summed E-state index contributed by atoms with van der Waals surface area (Å²) < 4.78 is 16.5. The first-order chi connectivity index (χ1) is 15.1. The largest absolute Gasteiger partial charge is 0.494 e. The van der Waals surface area contributed by atoms with E-state index in [0.29, 0.717) is 23.8 Å². The Bertz CT molecular complexity index is 1120. The van der Waals surface area contributed by atoms with Crippen LogP contribution in [0.4, 0.5) is 0 Å². The van der Waals surface area contributed by atoms with Crippen molar-refractivity contribution in [3.05, 3.63) is 100 Å². The van der Waals surface area contributed by atoms with Crippen LogP contribution < -0.4 is 9.47 Å². The zero-order chi connectivity index (χ0) is 21.6. The Morgan fingerprint density at radius 2 is 1.55 bits per heavy atom. The van der Waals surface area contributed by atoms with Gasteiger partial charge in [0.2, 0.25) is 5.90 Å². The average molecular weight is 434 g/mol. The van der Waals surface area contributed by atoms with E-state index < -0.39 is 5.97 Å². The van der Waals surface area contributed by atoms with Gasteiger partial charge < -0.3 is 14.2 Å². The van der Waals surface area contributed by atoms with E-state index in [-0.39, 0.29) is 11.6 Å². The first kappa shape index (κ1) is 20.7. The van der Waals surface area contributed by atoms with E-state index in [9.17, 15) is 4.79 Å². The third-order valence-electron chi connectivity index (χ3n) is 4.54. The summed E-state index contributed by atoms with van der Waals surface area (Å²) in [4.78, 5) is 16.6. The van der Waals surface area contributed by atoms with Gasteiger partial charge in [0, 0.05) is 10.6 Å². The van der Waals surface area contributed by atoms with Crippen molar-refractivity contribution in [1.29, 1.82) is 0 Å². The lowest BCUT2D eigenvalue weighted by molar-refractivity contribution is -0.129. The van der Waals surface area contributed by atoms with Gasteiger partial charge in [-0.2, -0.15) is 0 Å². The van der Waals surface area contributed by atoms with E-state index in [1.165, 1.54) is 0 Å². The molecule has 4 rings (SSSR count). The third-order valence-corrected chi connectivity index (χ3v) is 4.79. The number of benzene rings is 3. The molecule has 31 heavy (non-hydrogen) atoms. The quantitative estimate of drug-likeness (QED) is 0.356. The highest BCUT2D eigenvalue weighted by Crippen LogP contribution is 2.22. The number of halogens is 1. The summed E-state index contributed by atoms with van der Waals surface area (Å²) >= 11 is 5.89. The zero-order valence-electron chi connectivity index (χ0n) is 16.9. The molecule has 0 amide bonds. The van der Waals surface area contributed by atoms with Gasteiger partial charge in [0.15, 0.2) is 5.70 Å². The molecule has 3 aromatic carbocycles.